The molecule has 0 aromatic rings. The number of rotatable bonds is 17. The zero-order valence-electron chi connectivity index (χ0n) is 16.2. The van der Waals surface area contributed by atoms with E-state index in [9.17, 15) is 0 Å². The fraction of sp³-hybridized carbons (Fsp3) is 1.00. The summed E-state index contributed by atoms with van der Waals surface area (Å²) in [6, 6.07) is 0. The predicted molar refractivity (Wildman–Crippen MR) is 102 cm³/mol. The zero-order valence-corrected chi connectivity index (χ0v) is 16.2. The van der Waals surface area contributed by atoms with Crippen molar-refractivity contribution < 1.29 is 0 Å². The van der Waals surface area contributed by atoms with Crippen molar-refractivity contribution in [3.05, 3.63) is 0 Å². The summed E-state index contributed by atoms with van der Waals surface area (Å²) < 4.78 is 0. The molecule has 22 heavy (non-hydrogen) atoms. The molecule has 0 aromatic carbocycles. The molecular weight excluding hydrogens is 268 g/mol. The van der Waals surface area contributed by atoms with Crippen molar-refractivity contribution in [3.63, 3.8) is 0 Å². The summed E-state index contributed by atoms with van der Waals surface area (Å²) in [4.78, 5) is 5.03. The molecule has 0 aliphatic rings. The highest BCUT2D eigenvalue weighted by atomic mass is 15.1. The van der Waals surface area contributed by atoms with Gasteiger partial charge >= 0.3 is 0 Å². The van der Waals surface area contributed by atoms with Gasteiger partial charge in [0.2, 0.25) is 0 Å². The summed E-state index contributed by atoms with van der Waals surface area (Å²) in [5.74, 6) is 0. The third-order valence-electron chi connectivity index (χ3n) is 4.62. The van der Waals surface area contributed by atoms with E-state index in [-0.39, 0.29) is 0 Å². The lowest BCUT2D eigenvalue weighted by Crippen LogP contribution is -2.21. The summed E-state index contributed by atoms with van der Waals surface area (Å²) in [5.41, 5.74) is 0. The van der Waals surface area contributed by atoms with Gasteiger partial charge in [0.05, 0.1) is 0 Å². The molecule has 0 aromatic heterocycles. The Kier molecular flexibility index (Phi) is 17.2. The number of hydrogen-bond donors (Lipinski definition) is 0. The third-order valence-corrected chi connectivity index (χ3v) is 4.62. The van der Waals surface area contributed by atoms with E-state index < -0.39 is 0 Å². The average molecular weight is 313 g/mol. The fourth-order valence-corrected chi connectivity index (χ4v) is 2.96. The molecule has 0 fully saturated rings. The molecule has 0 N–H and O–H groups in total. The Morgan fingerprint density at radius 2 is 0.682 bits per heavy atom. The van der Waals surface area contributed by atoms with Gasteiger partial charge in [-0.3, -0.25) is 0 Å². The molecule has 0 bridgehead atoms. The first-order chi connectivity index (χ1) is 10.7. The molecule has 2 nitrogen and oxygen atoms in total. The minimum atomic E-state index is 1.29. The van der Waals surface area contributed by atoms with E-state index in [1.165, 1.54) is 103 Å². The predicted octanol–water partition coefficient (Wildman–Crippen LogP) is 5.57. The lowest BCUT2D eigenvalue weighted by Gasteiger charge is -2.16. The van der Waals surface area contributed by atoms with Gasteiger partial charge in [0.15, 0.2) is 0 Å². The van der Waals surface area contributed by atoms with E-state index in [1.54, 1.807) is 0 Å². The largest absolute Gasteiger partial charge is 0.306 e. The quantitative estimate of drug-likeness (QED) is 0.324. The number of nitrogens with zero attached hydrogens (tertiary/aromatic N) is 2. The van der Waals surface area contributed by atoms with Crippen molar-refractivity contribution in [2.24, 2.45) is 0 Å². The van der Waals surface area contributed by atoms with Crippen molar-refractivity contribution in [2.45, 2.75) is 90.9 Å². The first kappa shape index (κ1) is 21.9. The molecule has 0 aliphatic heterocycles. The van der Waals surface area contributed by atoms with Crippen LogP contribution in [0.3, 0.4) is 0 Å². The van der Waals surface area contributed by atoms with Crippen LogP contribution in [0.5, 0.6) is 0 Å². The molecule has 0 saturated carbocycles. The third kappa shape index (κ3) is 16.3. The van der Waals surface area contributed by atoms with Crippen LogP contribution in [0.15, 0.2) is 0 Å². The standard InChI is InChI=1S/C20H44N2/c1-5-7-13-17-21(3)19-15-11-9-10-12-16-20-22(4)18-14-8-6-2/h5-20H2,1-4H3. The van der Waals surface area contributed by atoms with Crippen molar-refractivity contribution in [3.8, 4) is 0 Å². The van der Waals surface area contributed by atoms with Gasteiger partial charge in [0, 0.05) is 0 Å². The van der Waals surface area contributed by atoms with Crippen molar-refractivity contribution >= 4 is 0 Å². The maximum absolute atomic E-state index is 2.51. The van der Waals surface area contributed by atoms with Crippen molar-refractivity contribution in [1.82, 2.24) is 9.80 Å². The summed E-state index contributed by atoms with van der Waals surface area (Å²) >= 11 is 0. The van der Waals surface area contributed by atoms with Crippen LogP contribution in [-0.4, -0.2) is 50.1 Å². The Hall–Kier alpha value is -0.0800. The van der Waals surface area contributed by atoms with E-state index in [0.717, 1.165) is 0 Å². The van der Waals surface area contributed by atoms with Crippen molar-refractivity contribution in [2.75, 3.05) is 40.3 Å². The van der Waals surface area contributed by atoms with E-state index in [0.29, 0.717) is 0 Å². The molecule has 0 radical (unpaired) electrons. The lowest BCUT2D eigenvalue weighted by atomic mass is 10.1. The van der Waals surface area contributed by atoms with Crippen LogP contribution in [0.4, 0.5) is 0 Å². The molecule has 0 saturated heterocycles. The van der Waals surface area contributed by atoms with Gasteiger partial charge in [-0.1, -0.05) is 65.2 Å². The summed E-state index contributed by atoms with van der Waals surface area (Å²) in [6.07, 6.45) is 16.7. The van der Waals surface area contributed by atoms with Gasteiger partial charge < -0.3 is 9.80 Å². The molecule has 0 rings (SSSR count). The Labute approximate surface area is 141 Å². The molecule has 0 amide bonds. The molecule has 0 heterocycles. The molecular formula is C20H44N2. The van der Waals surface area contributed by atoms with Gasteiger partial charge in [0.1, 0.15) is 0 Å². The normalized spacial score (nSPS) is 11.7. The van der Waals surface area contributed by atoms with Gasteiger partial charge in [-0.05, 0) is 66.0 Å². The maximum atomic E-state index is 2.51. The molecule has 134 valence electrons. The van der Waals surface area contributed by atoms with Gasteiger partial charge in [-0.15, -0.1) is 0 Å². The van der Waals surface area contributed by atoms with Crippen LogP contribution in [0, 0.1) is 0 Å². The Balaban J connectivity index is 3.19. The van der Waals surface area contributed by atoms with E-state index in [4.69, 9.17) is 0 Å². The summed E-state index contributed by atoms with van der Waals surface area (Å²) in [6.45, 7) is 9.73. The molecule has 2 heteroatoms. The second-order valence-electron chi connectivity index (χ2n) is 7.14. The molecule has 0 aliphatic carbocycles. The monoisotopic (exact) mass is 312 g/mol. The van der Waals surface area contributed by atoms with Crippen LogP contribution in [-0.2, 0) is 0 Å². The summed E-state index contributed by atoms with van der Waals surface area (Å²) in [5, 5.41) is 0. The Morgan fingerprint density at radius 3 is 1.00 bits per heavy atom. The average Bonchev–Trinajstić information content (AvgIpc) is 2.50. The maximum Gasteiger partial charge on any atom is -0.00218 e. The van der Waals surface area contributed by atoms with Crippen LogP contribution < -0.4 is 0 Å². The fourth-order valence-electron chi connectivity index (χ4n) is 2.96. The van der Waals surface area contributed by atoms with Crippen LogP contribution >= 0.6 is 0 Å². The Bertz CT molecular complexity index is 184. The van der Waals surface area contributed by atoms with Gasteiger partial charge in [0.25, 0.3) is 0 Å². The highest BCUT2D eigenvalue weighted by molar-refractivity contribution is 4.55. The molecule has 0 atom stereocenters. The topological polar surface area (TPSA) is 6.48 Å². The van der Waals surface area contributed by atoms with Crippen LogP contribution in [0.1, 0.15) is 90.9 Å². The van der Waals surface area contributed by atoms with Crippen molar-refractivity contribution in [1.29, 1.82) is 0 Å². The second-order valence-corrected chi connectivity index (χ2v) is 7.14. The van der Waals surface area contributed by atoms with E-state index >= 15 is 0 Å². The van der Waals surface area contributed by atoms with Gasteiger partial charge in [-0.2, -0.15) is 0 Å². The number of hydrogen-bond acceptors (Lipinski definition) is 2. The highest BCUT2D eigenvalue weighted by Gasteiger charge is 1.99. The smallest absolute Gasteiger partial charge is 0.00218 e. The molecule has 0 unspecified atom stereocenters. The first-order valence-corrected chi connectivity index (χ1v) is 10.1. The lowest BCUT2D eigenvalue weighted by molar-refractivity contribution is 0.310. The number of unbranched alkanes of at least 4 members (excludes halogenated alkanes) is 9. The SMILES string of the molecule is CCCCCN(C)CCCCCCCCN(C)CCCCC. The first-order valence-electron chi connectivity index (χ1n) is 10.1. The van der Waals surface area contributed by atoms with Crippen LogP contribution in [0.25, 0.3) is 0 Å². The minimum absolute atomic E-state index is 1.29. The van der Waals surface area contributed by atoms with Gasteiger partial charge in [-0.25, -0.2) is 0 Å². The van der Waals surface area contributed by atoms with Crippen LogP contribution in [0.2, 0.25) is 0 Å². The zero-order chi connectivity index (χ0) is 16.5. The summed E-state index contributed by atoms with van der Waals surface area (Å²) in [7, 11) is 4.56. The Morgan fingerprint density at radius 1 is 0.409 bits per heavy atom. The van der Waals surface area contributed by atoms with E-state index in [1.807, 2.05) is 0 Å². The highest BCUT2D eigenvalue weighted by Crippen LogP contribution is 2.07. The van der Waals surface area contributed by atoms with E-state index in [2.05, 4.69) is 37.7 Å². The minimum Gasteiger partial charge on any atom is -0.306 e. The second kappa shape index (κ2) is 17.3. The molecule has 0 spiro atoms.